The maximum atomic E-state index is 11.7. The Labute approximate surface area is 196 Å². The number of epoxide rings is 1. The van der Waals surface area contributed by atoms with Gasteiger partial charge in [0.2, 0.25) is 5.79 Å². The van der Waals surface area contributed by atoms with E-state index in [1.54, 1.807) is 0 Å². The van der Waals surface area contributed by atoms with Gasteiger partial charge in [0.05, 0.1) is 0 Å². The summed E-state index contributed by atoms with van der Waals surface area (Å²) < 4.78 is 11.8. The molecule has 182 valence electrons. The van der Waals surface area contributed by atoms with Gasteiger partial charge in [0.1, 0.15) is 6.10 Å². The van der Waals surface area contributed by atoms with Gasteiger partial charge < -0.3 is 9.47 Å². The van der Waals surface area contributed by atoms with Gasteiger partial charge >= 0.3 is 5.97 Å². The Bertz CT molecular complexity index is 732. The lowest BCUT2D eigenvalue weighted by molar-refractivity contribution is -0.168. The van der Waals surface area contributed by atoms with Crippen molar-refractivity contribution in [1.29, 1.82) is 0 Å². The van der Waals surface area contributed by atoms with Gasteiger partial charge in [-0.1, -0.05) is 53.9 Å². The highest BCUT2D eigenvalue weighted by molar-refractivity contribution is 5.66. The minimum Gasteiger partial charge on any atom is -0.430 e. The molecule has 0 aromatic rings. The first-order valence-corrected chi connectivity index (χ1v) is 14.0. The second kappa shape index (κ2) is 7.99. The van der Waals surface area contributed by atoms with Crippen LogP contribution in [0.5, 0.6) is 0 Å². The van der Waals surface area contributed by atoms with Crippen LogP contribution in [0.15, 0.2) is 0 Å². The highest BCUT2D eigenvalue weighted by atomic mass is 16.8. The molecule has 0 aromatic heterocycles. The van der Waals surface area contributed by atoms with Crippen molar-refractivity contribution in [2.75, 3.05) is 0 Å². The zero-order valence-electron chi connectivity index (χ0n) is 21.6. The molecule has 1 aliphatic heterocycles. The third kappa shape index (κ3) is 3.59. The quantitative estimate of drug-likeness (QED) is 0.317. The van der Waals surface area contributed by atoms with Crippen molar-refractivity contribution in [3.05, 3.63) is 0 Å². The minimum atomic E-state index is -0.560. The summed E-state index contributed by atoms with van der Waals surface area (Å²) in [6.07, 6.45) is 14.9. The van der Waals surface area contributed by atoms with Crippen LogP contribution in [0.3, 0.4) is 0 Å². The zero-order valence-corrected chi connectivity index (χ0v) is 21.6. The lowest BCUT2D eigenvalue weighted by Crippen LogP contribution is -2.55. The molecule has 0 amide bonds. The smallest absolute Gasteiger partial charge is 0.305 e. The Balaban J connectivity index is 1.28. The third-order valence-electron chi connectivity index (χ3n) is 11.5. The van der Waals surface area contributed by atoms with Crippen LogP contribution in [0.2, 0.25) is 0 Å². The molecule has 0 aromatic carbocycles. The zero-order chi connectivity index (χ0) is 22.9. The first-order valence-electron chi connectivity index (χ1n) is 14.0. The summed E-state index contributed by atoms with van der Waals surface area (Å²) in [5, 5.41) is 0. The fraction of sp³-hybridized carbons (Fsp3) is 0.966. The Morgan fingerprint density at radius 2 is 1.72 bits per heavy atom. The van der Waals surface area contributed by atoms with E-state index >= 15 is 0 Å². The van der Waals surface area contributed by atoms with E-state index in [0.29, 0.717) is 16.7 Å². The van der Waals surface area contributed by atoms with Gasteiger partial charge in [-0.15, -0.1) is 0 Å². The highest BCUT2D eigenvalue weighted by Gasteiger charge is 2.71. The first-order chi connectivity index (χ1) is 15.1. The van der Waals surface area contributed by atoms with Gasteiger partial charge in [0, 0.05) is 13.3 Å². The van der Waals surface area contributed by atoms with Gasteiger partial charge in [0.25, 0.3) is 0 Å². The molecule has 5 aliphatic rings. The average Bonchev–Trinajstić information content (AvgIpc) is 3.23. The molecule has 3 heteroatoms. The van der Waals surface area contributed by atoms with Crippen molar-refractivity contribution in [1.82, 2.24) is 0 Å². The van der Waals surface area contributed by atoms with Crippen LogP contribution >= 0.6 is 0 Å². The van der Waals surface area contributed by atoms with Crippen LogP contribution < -0.4 is 0 Å². The van der Waals surface area contributed by atoms with Crippen molar-refractivity contribution < 1.29 is 14.3 Å². The van der Waals surface area contributed by atoms with Crippen LogP contribution in [0.25, 0.3) is 0 Å². The van der Waals surface area contributed by atoms with Crippen molar-refractivity contribution in [2.24, 2.45) is 52.3 Å². The van der Waals surface area contributed by atoms with Gasteiger partial charge in [-0.25, -0.2) is 0 Å². The van der Waals surface area contributed by atoms with E-state index in [1.165, 1.54) is 64.7 Å². The van der Waals surface area contributed by atoms with Crippen LogP contribution in [-0.2, 0) is 14.3 Å². The molecular formula is C29H48O3. The third-order valence-corrected chi connectivity index (χ3v) is 11.5. The Morgan fingerprint density at radius 1 is 0.969 bits per heavy atom. The molecule has 4 saturated carbocycles. The number of carbonyl (C=O) groups excluding carboxylic acids is 1. The fourth-order valence-corrected chi connectivity index (χ4v) is 9.91. The van der Waals surface area contributed by atoms with Crippen LogP contribution in [0.4, 0.5) is 0 Å². The standard InChI is InChI=1S/C29H48O3/c1-18(2)8-7-9-19(3)23-12-13-24-22-11-10-21-16-29(31-20(4)30)26(32-29)17-28(21,6)25(22)14-15-27(23,24)5/h18-19,21-26H,7-17H2,1-6H3/t19-,21?,22+,23-,24+,25+,26?,27-,28+,29?/m1/s1. The van der Waals surface area contributed by atoms with Gasteiger partial charge in [-0.05, 0) is 97.2 Å². The van der Waals surface area contributed by atoms with E-state index < -0.39 is 5.79 Å². The molecule has 1 saturated heterocycles. The molecule has 0 bridgehead atoms. The van der Waals surface area contributed by atoms with E-state index in [0.717, 1.165) is 48.3 Å². The summed E-state index contributed by atoms with van der Waals surface area (Å²) in [4.78, 5) is 11.7. The molecule has 5 fully saturated rings. The number of carbonyl (C=O) groups is 1. The van der Waals surface area contributed by atoms with E-state index in [-0.39, 0.29) is 12.1 Å². The lowest BCUT2D eigenvalue weighted by Gasteiger charge is -2.60. The van der Waals surface area contributed by atoms with E-state index in [2.05, 4.69) is 34.6 Å². The summed E-state index contributed by atoms with van der Waals surface area (Å²) in [5.74, 6) is 5.23. The number of hydrogen-bond donors (Lipinski definition) is 0. The summed E-state index contributed by atoms with van der Waals surface area (Å²) in [7, 11) is 0. The molecule has 0 N–H and O–H groups in total. The van der Waals surface area contributed by atoms with Crippen molar-refractivity contribution in [2.45, 2.75) is 124 Å². The van der Waals surface area contributed by atoms with E-state index in [4.69, 9.17) is 9.47 Å². The highest BCUT2D eigenvalue weighted by Crippen LogP contribution is 2.71. The number of ether oxygens (including phenoxy) is 2. The topological polar surface area (TPSA) is 38.8 Å². The minimum absolute atomic E-state index is 0.150. The molecule has 0 spiro atoms. The van der Waals surface area contributed by atoms with Crippen molar-refractivity contribution >= 4 is 5.97 Å². The van der Waals surface area contributed by atoms with Gasteiger partial charge in [0.15, 0.2) is 0 Å². The molecule has 1 heterocycles. The molecule has 0 radical (unpaired) electrons. The number of esters is 1. The Kier molecular flexibility index (Phi) is 5.79. The number of hydrogen-bond acceptors (Lipinski definition) is 3. The first kappa shape index (κ1) is 23.2. The Morgan fingerprint density at radius 3 is 2.44 bits per heavy atom. The summed E-state index contributed by atoms with van der Waals surface area (Å²) in [6, 6.07) is 0. The SMILES string of the molecule is CC(=O)OC12CC3CC[C@H]4[C@@H]5CC[C@H]([C@H](C)CCCC(C)C)[C@@]5(C)CC[C@@H]4[C@@]3(C)CC1O2. The summed E-state index contributed by atoms with van der Waals surface area (Å²) in [6.45, 7) is 14.1. The second-order valence-electron chi connectivity index (χ2n) is 13.6. The maximum Gasteiger partial charge on any atom is 0.305 e. The molecule has 10 atom stereocenters. The van der Waals surface area contributed by atoms with Crippen LogP contribution in [0, 0.1) is 52.3 Å². The largest absolute Gasteiger partial charge is 0.430 e. The van der Waals surface area contributed by atoms with Gasteiger partial charge in [-0.2, -0.15) is 0 Å². The lowest BCUT2D eigenvalue weighted by atomic mass is 9.44. The average molecular weight is 445 g/mol. The van der Waals surface area contributed by atoms with Crippen LogP contribution in [-0.4, -0.2) is 17.9 Å². The monoisotopic (exact) mass is 444 g/mol. The number of rotatable bonds is 6. The predicted octanol–water partition coefficient (Wildman–Crippen LogP) is 7.38. The maximum absolute atomic E-state index is 11.7. The normalized spacial score (nSPS) is 50.1. The van der Waals surface area contributed by atoms with Crippen molar-refractivity contribution in [3.63, 3.8) is 0 Å². The second-order valence-corrected chi connectivity index (χ2v) is 13.6. The molecule has 5 rings (SSSR count). The molecular weight excluding hydrogens is 396 g/mol. The summed E-state index contributed by atoms with van der Waals surface area (Å²) >= 11 is 0. The predicted molar refractivity (Wildman–Crippen MR) is 128 cm³/mol. The molecule has 4 aliphatic carbocycles. The molecule has 32 heavy (non-hydrogen) atoms. The number of fused-ring (bicyclic) bond motifs is 6. The van der Waals surface area contributed by atoms with E-state index in [9.17, 15) is 4.79 Å². The van der Waals surface area contributed by atoms with Gasteiger partial charge in [-0.3, -0.25) is 4.79 Å². The molecule has 3 nitrogen and oxygen atoms in total. The Hall–Kier alpha value is -0.570. The van der Waals surface area contributed by atoms with E-state index in [1.807, 2.05) is 0 Å². The fourth-order valence-electron chi connectivity index (χ4n) is 9.91. The van der Waals surface area contributed by atoms with Crippen LogP contribution in [0.1, 0.15) is 112 Å². The van der Waals surface area contributed by atoms with Crippen molar-refractivity contribution in [3.8, 4) is 0 Å². The molecule has 3 unspecified atom stereocenters. The summed E-state index contributed by atoms with van der Waals surface area (Å²) in [5.41, 5.74) is 0.934.